The predicted molar refractivity (Wildman–Crippen MR) is 72.2 cm³/mol. The zero-order valence-corrected chi connectivity index (χ0v) is 10.8. The number of fused-ring (bicyclic) bond motifs is 1. The fourth-order valence-corrected chi connectivity index (χ4v) is 1.91. The quantitative estimate of drug-likeness (QED) is 0.811. The van der Waals surface area contributed by atoms with Gasteiger partial charge in [0.15, 0.2) is 5.69 Å². The molecule has 1 atom stereocenters. The number of hydrogen-bond donors (Lipinski definition) is 2. The molecular formula is C13H15N5O. The Morgan fingerprint density at radius 2 is 2.37 bits per heavy atom. The first kappa shape index (κ1) is 12.9. The number of hydrogen-bond acceptors (Lipinski definition) is 4. The predicted octanol–water partition coefficient (Wildman–Crippen LogP) is 1.38. The number of anilines is 1. The third-order valence-corrected chi connectivity index (χ3v) is 2.90. The number of nitrogens with zero attached hydrogens (tertiary/aromatic N) is 3. The van der Waals surface area contributed by atoms with Crippen LogP contribution in [0.2, 0.25) is 0 Å². The van der Waals surface area contributed by atoms with Crippen molar-refractivity contribution in [3.8, 4) is 6.07 Å². The highest BCUT2D eigenvalue weighted by molar-refractivity contribution is 6.05. The molecule has 0 saturated heterocycles. The van der Waals surface area contributed by atoms with E-state index in [1.54, 1.807) is 32.2 Å². The maximum absolute atomic E-state index is 12.3. The first-order chi connectivity index (χ1) is 9.02. The van der Waals surface area contributed by atoms with E-state index >= 15 is 0 Å². The summed E-state index contributed by atoms with van der Waals surface area (Å²) >= 11 is 0. The minimum Gasteiger partial charge on any atom is -0.399 e. The average Bonchev–Trinajstić information content (AvgIpc) is 2.80. The summed E-state index contributed by atoms with van der Waals surface area (Å²) in [7, 11) is 1.66. The topological polar surface area (TPSA) is 98.8 Å². The van der Waals surface area contributed by atoms with E-state index in [2.05, 4.69) is 16.3 Å². The first-order valence-corrected chi connectivity index (χ1v) is 5.91. The number of nitrogens with one attached hydrogen (secondary N) is 1. The van der Waals surface area contributed by atoms with E-state index in [-0.39, 0.29) is 11.8 Å². The van der Waals surface area contributed by atoms with Crippen LogP contribution in [0.4, 0.5) is 5.69 Å². The van der Waals surface area contributed by atoms with Gasteiger partial charge in [-0.25, -0.2) is 0 Å². The summed E-state index contributed by atoms with van der Waals surface area (Å²) < 4.78 is 0. The Morgan fingerprint density at radius 3 is 3.05 bits per heavy atom. The Kier molecular flexibility index (Phi) is 3.38. The number of nitrogens with two attached hydrogens (primary N) is 1. The number of aromatic amines is 1. The minimum atomic E-state index is -0.223. The summed E-state index contributed by atoms with van der Waals surface area (Å²) in [6, 6.07) is 7.35. The number of amides is 1. The van der Waals surface area contributed by atoms with Crippen LogP contribution in [-0.2, 0) is 0 Å². The molecule has 6 heteroatoms. The minimum absolute atomic E-state index is 0.218. The second-order valence-electron chi connectivity index (χ2n) is 4.59. The SMILES string of the molecule is CC(C#N)CN(C)C(=O)c1n[nH]c2ccc(N)cc12. The number of aromatic nitrogens is 2. The van der Waals surface area contributed by atoms with Crippen molar-refractivity contribution in [2.24, 2.45) is 5.92 Å². The number of nitriles is 1. The van der Waals surface area contributed by atoms with Crippen LogP contribution in [0.1, 0.15) is 17.4 Å². The monoisotopic (exact) mass is 257 g/mol. The van der Waals surface area contributed by atoms with Crippen molar-refractivity contribution in [2.45, 2.75) is 6.92 Å². The van der Waals surface area contributed by atoms with E-state index in [4.69, 9.17) is 11.0 Å². The van der Waals surface area contributed by atoms with Gasteiger partial charge in [0, 0.05) is 24.7 Å². The normalized spacial score (nSPS) is 12.1. The fourth-order valence-electron chi connectivity index (χ4n) is 1.91. The van der Waals surface area contributed by atoms with Gasteiger partial charge in [-0.2, -0.15) is 10.4 Å². The second kappa shape index (κ2) is 4.98. The number of H-pyrrole nitrogens is 1. The van der Waals surface area contributed by atoms with Gasteiger partial charge in [-0.3, -0.25) is 9.89 Å². The van der Waals surface area contributed by atoms with Crippen molar-refractivity contribution in [1.82, 2.24) is 15.1 Å². The van der Waals surface area contributed by atoms with E-state index < -0.39 is 0 Å². The van der Waals surface area contributed by atoms with Gasteiger partial charge in [0.25, 0.3) is 5.91 Å². The maximum Gasteiger partial charge on any atom is 0.274 e. The van der Waals surface area contributed by atoms with Gasteiger partial charge in [-0.15, -0.1) is 0 Å². The maximum atomic E-state index is 12.3. The molecule has 1 amide bonds. The van der Waals surface area contributed by atoms with Crippen LogP contribution >= 0.6 is 0 Å². The fraction of sp³-hybridized carbons (Fsp3) is 0.308. The molecule has 6 nitrogen and oxygen atoms in total. The van der Waals surface area contributed by atoms with E-state index in [1.165, 1.54) is 4.90 Å². The van der Waals surface area contributed by atoms with Crippen LogP contribution in [0.5, 0.6) is 0 Å². The molecule has 19 heavy (non-hydrogen) atoms. The number of rotatable bonds is 3. The Hall–Kier alpha value is -2.55. The zero-order valence-electron chi connectivity index (χ0n) is 10.8. The van der Waals surface area contributed by atoms with Crippen molar-refractivity contribution < 1.29 is 4.79 Å². The molecule has 0 aliphatic rings. The number of nitrogen functional groups attached to an aromatic ring is 1. The van der Waals surface area contributed by atoms with E-state index in [1.807, 2.05) is 0 Å². The van der Waals surface area contributed by atoms with E-state index in [0.717, 1.165) is 5.52 Å². The third kappa shape index (κ3) is 2.50. The molecular weight excluding hydrogens is 242 g/mol. The summed E-state index contributed by atoms with van der Waals surface area (Å²) in [6.07, 6.45) is 0. The van der Waals surface area contributed by atoms with Gasteiger partial charge in [-0.1, -0.05) is 0 Å². The van der Waals surface area contributed by atoms with Crippen LogP contribution in [0.3, 0.4) is 0 Å². The van der Waals surface area contributed by atoms with Crippen LogP contribution in [-0.4, -0.2) is 34.6 Å². The molecule has 0 bridgehead atoms. The molecule has 1 unspecified atom stereocenters. The van der Waals surface area contributed by atoms with Crippen molar-refractivity contribution >= 4 is 22.5 Å². The summed E-state index contributed by atoms with van der Waals surface area (Å²) in [6.45, 7) is 2.14. The van der Waals surface area contributed by atoms with Crippen molar-refractivity contribution in [3.05, 3.63) is 23.9 Å². The lowest BCUT2D eigenvalue weighted by atomic mass is 10.1. The third-order valence-electron chi connectivity index (χ3n) is 2.90. The molecule has 0 spiro atoms. The van der Waals surface area contributed by atoms with Crippen molar-refractivity contribution in [1.29, 1.82) is 5.26 Å². The van der Waals surface area contributed by atoms with Gasteiger partial charge >= 0.3 is 0 Å². The van der Waals surface area contributed by atoms with Gasteiger partial charge in [0.2, 0.25) is 0 Å². The lowest BCUT2D eigenvalue weighted by Crippen LogP contribution is -2.31. The molecule has 1 aromatic carbocycles. The summed E-state index contributed by atoms with van der Waals surface area (Å²) in [5.41, 5.74) is 7.39. The highest BCUT2D eigenvalue weighted by Crippen LogP contribution is 2.20. The zero-order chi connectivity index (χ0) is 14.0. The molecule has 1 heterocycles. The Morgan fingerprint density at radius 1 is 1.63 bits per heavy atom. The largest absolute Gasteiger partial charge is 0.399 e. The van der Waals surface area contributed by atoms with Crippen molar-refractivity contribution in [3.63, 3.8) is 0 Å². The average molecular weight is 257 g/mol. The molecule has 0 radical (unpaired) electrons. The second-order valence-corrected chi connectivity index (χ2v) is 4.59. The number of carbonyl (C=O) groups excluding carboxylic acids is 1. The van der Waals surface area contributed by atoms with Crippen LogP contribution in [0.15, 0.2) is 18.2 Å². The van der Waals surface area contributed by atoms with Gasteiger partial charge < -0.3 is 10.6 Å². The standard InChI is InChI=1S/C13H15N5O/c1-8(6-14)7-18(2)13(19)12-10-5-9(15)3-4-11(10)16-17-12/h3-5,8H,7,15H2,1-2H3,(H,16,17). The summed E-state index contributed by atoms with van der Waals surface area (Å²) in [5, 5.41) is 16.3. The molecule has 0 aliphatic carbocycles. The number of carbonyl (C=O) groups is 1. The Balaban J connectivity index is 2.31. The molecule has 2 rings (SSSR count). The summed E-state index contributed by atoms with van der Waals surface area (Å²) in [4.78, 5) is 13.8. The highest BCUT2D eigenvalue weighted by atomic mass is 16.2. The van der Waals surface area contributed by atoms with Crippen molar-refractivity contribution in [2.75, 3.05) is 19.3 Å². The molecule has 0 saturated carbocycles. The molecule has 0 aliphatic heterocycles. The van der Waals surface area contributed by atoms with Crippen LogP contribution < -0.4 is 5.73 Å². The Bertz CT molecular complexity index is 655. The highest BCUT2D eigenvalue weighted by Gasteiger charge is 2.19. The Labute approximate surface area is 110 Å². The lowest BCUT2D eigenvalue weighted by Gasteiger charge is -2.17. The lowest BCUT2D eigenvalue weighted by molar-refractivity contribution is 0.0781. The molecule has 3 N–H and O–H groups in total. The van der Waals surface area contributed by atoms with E-state index in [0.29, 0.717) is 23.3 Å². The van der Waals surface area contributed by atoms with Crippen LogP contribution in [0.25, 0.3) is 10.9 Å². The first-order valence-electron chi connectivity index (χ1n) is 5.91. The summed E-state index contributed by atoms with van der Waals surface area (Å²) in [5.74, 6) is -0.442. The molecule has 98 valence electrons. The smallest absolute Gasteiger partial charge is 0.274 e. The van der Waals surface area contributed by atoms with E-state index in [9.17, 15) is 4.79 Å². The van der Waals surface area contributed by atoms with Gasteiger partial charge in [0.1, 0.15) is 0 Å². The molecule has 2 aromatic rings. The van der Waals surface area contributed by atoms with Crippen LogP contribution in [0, 0.1) is 17.2 Å². The van der Waals surface area contributed by atoms with Gasteiger partial charge in [-0.05, 0) is 25.1 Å². The molecule has 0 fully saturated rings. The van der Waals surface area contributed by atoms with Gasteiger partial charge in [0.05, 0.1) is 17.5 Å². The molecule has 1 aromatic heterocycles. The number of benzene rings is 1.